The minimum absolute atomic E-state index is 0.118. The second-order valence-electron chi connectivity index (χ2n) is 9.75. The average Bonchev–Trinajstić information content (AvgIpc) is 2.86. The highest BCUT2D eigenvalue weighted by molar-refractivity contribution is 5.99. The summed E-state index contributed by atoms with van der Waals surface area (Å²) in [7, 11) is 0. The zero-order chi connectivity index (χ0) is 27.7. The molecule has 2 N–H and O–H groups in total. The molecule has 0 aromatic rings. The molecule has 0 spiro atoms. The fourth-order valence-electron chi connectivity index (χ4n) is 4.64. The molecule has 0 aromatic carbocycles. The molecule has 0 heterocycles. The number of esters is 3. The number of carbonyl (C=O) groups excluding carboxylic acids is 4. The van der Waals surface area contributed by atoms with Gasteiger partial charge in [0, 0.05) is 6.42 Å². The first-order valence-electron chi connectivity index (χ1n) is 13.8. The molecule has 0 saturated heterocycles. The maximum Gasteiger partial charge on any atom is 0.328 e. The van der Waals surface area contributed by atoms with Crippen LogP contribution >= 0.6 is 0 Å². The van der Waals surface area contributed by atoms with E-state index in [4.69, 9.17) is 14.2 Å². The summed E-state index contributed by atoms with van der Waals surface area (Å²) < 4.78 is 15.2. The summed E-state index contributed by atoms with van der Waals surface area (Å²) in [5, 5.41) is 13.7. The maximum absolute atomic E-state index is 13.2. The van der Waals surface area contributed by atoms with Crippen LogP contribution in [-0.4, -0.2) is 60.4 Å². The Hall–Kier alpha value is -2.42. The van der Waals surface area contributed by atoms with Crippen LogP contribution in [0.5, 0.6) is 0 Å². The Morgan fingerprint density at radius 2 is 1.57 bits per heavy atom. The van der Waals surface area contributed by atoms with E-state index in [1.807, 2.05) is 6.08 Å². The molecule has 1 aliphatic carbocycles. The third-order valence-corrected chi connectivity index (χ3v) is 6.79. The van der Waals surface area contributed by atoms with Crippen LogP contribution in [0.4, 0.5) is 0 Å². The molecule has 1 fully saturated rings. The molecular weight excluding hydrogens is 478 g/mol. The Kier molecular flexibility index (Phi) is 15.8. The molecule has 1 saturated carbocycles. The molecule has 0 bridgehead atoms. The van der Waals surface area contributed by atoms with Gasteiger partial charge in [-0.05, 0) is 78.6 Å². The van der Waals surface area contributed by atoms with Gasteiger partial charge in [0.05, 0.1) is 25.4 Å². The van der Waals surface area contributed by atoms with Crippen molar-refractivity contribution >= 4 is 23.8 Å². The topological polar surface area (TPSA) is 128 Å². The quantitative estimate of drug-likeness (QED) is 0.0959. The molecule has 9 heteroatoms. The average molecular weight is 526 g/mol. The van der Waals surface area contributed by atoms with Crippen LogP contribution < -0.4 is 5.32 Å². The Morgan fingerprint density at radius 1 is 0.946 bits per heavy atom. The Labute approximate surface area is 221 Å². The maximum atomic E-state index is 13.2. The highest BCUT2D eigenvalue weighted by atomic mass is 16.5. The summed E-state index contributed by atoms with van der Waals surface area (Å²) in [5.74, 6) is -3.14. The van der Waals surface area contributed by atoms with Crippen molar-refractivity contribution in [1.29, 1.82) is 0 Å². The minimum Gasteiger partial charge on any atom is -0.466 e. The van der Waals surface area contributed by atoms with E-state index >= 15 is 0 Å². The van der Waals surface area contributed by atoms with Crippen molar-refractivity contribution in [2.24, 2.45) is 11.8 Å². The van der Waals surface area contributed by atoms with Gasteiger partial charge in [0.25, 0.3) is 0 Å². The van der Waals surface area contributed by atoms with Gasteiger partial charge < -0.3 is 24.6 Å². The van der Waals surface area contributed by atoms with Gasteiger partial charge in [0.2, 0.25) is 5.91 Å². The van der Waals surface area contributed by atoms with E-state index in [2.05, 4.69) is 5.32 Å². The lowest BCUT2D eigenvalue weighted by Gasteiger charge is -2.36. The van der Waals surface area contributed by atoms with Crippen molar-refractivity contribution in [2.45, 2.75) is 110 Å². The van der Waals surface area contributed by atoms with Gasteiger partial charge in [0.1, 0.15) is 12.0 Å². The van der Waals surface area contributed by atoms with E-state index in [9.17, 15) is 24.3 Å². The van der Waals surface area contributed by atoms with Crippen LogP contribution in [0.3, 0.4) is 0 Å². The first kappa shape index (κ1) is 32.6. The SMILES string of the molecule is CCOC(=O)CCCC=CCC(NC(=O)C(CCC(C)(O)C1CCCCC1)C(=O)OCC)C(=O)OCC. The summed E-state index contributed by atoms with van der Waals surface area (Å²) in [6, 6.07) is -0.968. The number of carbonyl (C=O) groups is 4. The molecular formula is C28H47NO8. The number of amides is 1. The fourth-order valence-corrected chi connectivity index (χ4v) is 4.64. The molecule has 1 amide bonds. The second-order valence-corrected chi connectivity index (χ2v) is 9.75. The summed E-state index contributed by atoms with van der Waals surface area (Å²) in [6.45, 7) is 7.50. The summed E-state index contributed by atoms with van der Waals surface area (Å²) in [4.78, 5) is 49.8. The molecule has 9 nitrogen and oxygen atoms in total. The van der Waals surface area contributed by atoms with Crippen molar-refractivity contribution in [1.82, 2.24) is 5.32 Å². The molecule has 3 unspecified atom stereocenters. The van der Waals surface area contributed by atoms with Crippen LogP contribution in [0.1, 0.15) is 98.3 Å². The van der Waals surface area contributed by atoms with Gasteiger partial charge in [-0.15, -0.1) is 0 Å². The lowest BCUT2D eigenvalue weighted by atomic mass is 9.75. The van der Waals surface area contributed by atoms with Gasteiger partial charge in [-0.25, -0.2) is 4.79 Å². The first-order valence-corrected chi connectivity index (χ1v) is 13.8. The number of rotatable bonds is 17. The molecule has 212 valence electrons. The van der Waals surface area contributed by atoms with Gasteiger partial charge in [-0.3, -0.25) is 14.4 Å². The largest absolute Gasteiger partial charge is 0.466 e. The molecule has 1 rings (SSSR count). The van der Waals surface area contributed by atoms with Crippen molar-refractivity contribution < 1.29 is 38.5 Å². The Balaban J connectivity index is 2.80. The highest BCUT2D eigenvalue weighted by Gasteiger charge is 2.37. The van der Waals surface area contributed by atoms with E-state index < -0.39 is 35.4 Å². The highest BCUT2D eigenvalue weighted by Crippen LogP contribution is 2.36. The monoisotopic (exact) mass is 525 g/mol. The normalized spacial score (nSPS) is 17.4. The number of unbranched alkanes of at least 4 members (excludes halogenated alkanes) is 1. The smallest absolute Gasteiger partial charge is 0.328 e. The molecule has 0 radical (unpaired) electrons. The van der Waals surface area contributed by atoms with E-state index in [0.29, 0.717) is 25.9 Å². The third kappa shape index (κ3) is 12.6. The summed E-state index contributed by atoms with van der Waals surface area (Å²) in [5.41, 5.74) is -0.988. The number of allylic oxidation sites excluding steroid dienone is 1. The first-order chi connectivity index (χ1) is 17.7. The number of nitrogens with one attached hydrogen (secondary N) is 1. The van der Waals surface area contributed by atoms with E-state index in [-0.39, 0.29) is 44.4 Å². The van der Waals surface area contributed by atoms with Gasteiger partial charge in [0.15, 0.2) is 0 Å². The van der Waals surface area contributed by atoms with Gasteiger partial charge in [-0.2, -0.15) is 0 Å². The van der Waals surface area contributed by atoms with E-state index in [1.54, 1.807) is 33.8 Å². The number of hydrogen-bond acceptors (Lipinski definition) is 8. The van der Waals surface area contributed by atoms with Crippen LogP contribution in [-0.2, 0) is 33.4 Å². The van der Waals surface area contributed by atoms with E-state index in [1.165, 1.54) is 0 Å². The third-order valence-electron chi connectivity index (χ3n) is 6.79. The van der Waals surface area contributed by atoms with E-state index in [0.717, 1.165) is 32.1 Å². The molecule has 0 aromatic heterocycles. The van der Waals surface area contributed by atoms with Crippen LogP contribution in [0.25, 0.3) is 0 Å². The lowest BCUT2D eigenvalue weighted by molar-refractivity contribution is -0.155. The molecule has 1 aliphatic rings. The summed E-state index contributed by atoms with van der Waals surface area (Å²) >= 11 is 0. The Bertz CT molecular complexity index is 742. The Morgan fingerprint density at radius 3 is 2.19 bits per heavy atom. The van der Waals surface area contributed by atoms with Crippen molar-refractivity contribution in [3.8, 4) is 0 Å². The van der Waals surface area contributed by atoms with Crippen molar-refractivity contribution in [3.05, 3.63) is 12.2 Å². The second kappa shape index (κ2) is 17.9. The zero-order valence-electron chi connectivity index (χ0n) is 23.1. The number of aliphatic hydroxyl groups is 1. The molecule has 3 atom stereocenters. The molecule has 0 aliphatic heterocycles. The standard InChI is InChI=1S/C28H47NO8/c1-5-35-24(30)18-14-9-8-13-17-23(27(33)37-7-3)29-25(31)22(26(32)36-6-2)19-20-28(4,34)21-15-11-10-12-16-21/h8,13,21-23,34H,5-7,9-12,14-20H2,1-4H3,(H,29,31). The number of hydrogen-bond donors (Lipinski definition) is 2. The number of ether oxygens (including phenoxy) is 3. The lowest BCUT2D eigenvalue weighted by Crippen LogP contribution is -2.47. The van der Waals surface area contributed by atoms with Crippen LogP contribution in [0.15, 0.2) is 12.2 Å². The van der Waals surface area contributed by atoms with Gasteiger partial charge >= 0.3 is 17.9 Å². The van der Waals surface area contributed by atoms with Crippen molar-refractivity contribution in [2.75, 3.05) is 19.8 Å². The predicted octanol–water partition coefficient (Wildman–Crippen LogP) is 4.00. The van der Waals surface area contributed by atoms with Crippen LogP contribution in [0, 0.1) is 11.8 Å². The van der Waals surface area contributed by atoms with Crippen LogP contribution in [0.2, 0.25) is 0 Å². The minimum atomic E-state index is -1.14. The predicted molar refractivity (Wildman–Crippen MR) is 139 cm³/mol. The summed E-state index contributed by atoms with van der Waals surface area (Å²) in [6.07, 6.45) is 10.9. The van der Waals surface area contributed by atoms with Crippen molar-refractivity contribution in [3.63, 3.8) is 0 Å². The van der Waals surface area contributed by atoms with Gasteiger partial charge in [-0.1, -0.05) is 31.4 Å². The zero-order valence-corrected chi connectivity index (χ0v) is 23.1. The fraction of sp³-hybridized carbons (Fsp3) is 0.786. The molecule has 37 heavy (non-hydrogen) atoms.